The van der Waals surface area contributed by atoms with Crippen molar-refractivity contribution in [3.8, 4) is 5.75 Å². The molecule has 0 aromatic heterocycles. The second-order valence-corrected chi connectivity index (χ2v) is 9.69. The van der Waals surface area contributed by atoms with Crippen LogP contribution in [0, 0.1) is 27.7 Å². The number of ether oxygens (including phenoxy) is 1. The molecule has 0 radical (unpaired) electrons. The van der Waals surface area contributed by atoms with Gasteiger partial charge in [-0.3, -0.25) is 4.90 Å². The van der Waals surface area contributed by atoms with Crippen LogP contribution in [-0.2, 0) is 10.0 Å². The Kier molecular flexibility index (Phi) is 7.06. The van der Waals surface area contributed by atoms with Crippen LogP contribution in [0.2, 0.25) is 0 Å². The van der Waals surface area contributed by atoms with Crippen LogP contribution in [0.25, 0.3) is 0 Å². The van der Waals surface area contributed by atoms with Crippen LogP contribution >= 0.6 is 0 Å². The van der Waals surface area contributed by atoms with Crippen LogP contribution in [0.3, 0.4) is 0 Å². The number of nitrogens with zero attached hydrogens (tertiary/aromatic N) is 2. The first-order valence-corrected chi connectivity index (χ1v) is 11.9. The molecule has 0 amide bonds. The van der Waals surface area contributed by atoms with E-state index >= 15 is 0 Å². The van der Waals surface area contributed by atoms with Gasteiger partial charge in [-0.25, -0.2) is 13.1 Å². The Bertz CT molecular complexity index is 971. The van der Waals surface area contributed by atoms with E-state index in [0.717, 1.165) is 59.9 Å². The largest absolute Gasteiger partial charge is 0.495 e. The molecule has 0 atom stereocenters. The standard InChI is InChI=1S/C23H33N3O3S/c1-17-16-18(2)20(4)23(19(17)3)30(27,28)24-10-11-25-12-14-26(15-13-25)21-8-6-7-9-22(21)29-5/h6-9,16,24H,10-15H2,1-5H3. The fraction of sp³-hybridized carbons (Fsp3) is 0.478. The zero-order chi connectivity index (χ0) is 21.9. The molecule has 3 rings (SSSR count). The van der Waals surface area contributed by atoms with Gasteiger partial charge in [-0.2, -0.15) is 0 Å². The summed E-state index contributed by atoms with van der Waals surface area (Å²) in [4.78, 5) is 5.05. The molecule has 30 heavy (non-hydrogen) atoms. The summed E-state index contributed by atoms with van der Waals surface area (Å²) in [6, 6.07) is 10.1. The summed E-state index contributed by atoms with van der Waals surface area (Å²) in [6.45, 7) is 12.4. The number of rotatable bonds is 7. The molecule has 0 saturated carbocycles. The molecule has 0 unspecified atom stereocenters. The third-order valence-electron chi connectivity index (χ3n) is 6.08. The molecule has 0 bridgehead atoms. The average Bonchev–Trinajstić information content (AvgIpc) is 2.72. The number of nitrogens with one attached hydrogen (secondary N) is 1. The van der Waals surface area contributed by atoms with E-state index in [2.05, 4.69) is 20.6 Å². The topological polar surface area (TPSA) is 61.9 Å². The highest BCUT2D eigenvalue weighted by atomic mass is 32.2. The van der Waals surface area contributed by atoms with E-state index in [9.17, 15) is 8.42 Å². The Balaban J connectivity index is 1.57. The van der Waals surface area contributed by atoms with Crippen molar-refractivity contribution < 1.29 is 13.2 Å². The van der Waals surface area contributed by atoms with E-state index < -0.39 is 10.0 Å². The van der Waals surface area contributed by atoms with Gasteiger partial charge in [0.2, 0.25) is 10.0 Å². The molecule has 1 heterocycles. The van der Waals surface area contributed by atoms with E-state index in [-0.39, 0.29) is 0 Å². The van der Waals surface area contributed by atoms with Crippen molar-refractivity contribution in [1.82, 2.24) is 9.62 Å². The molecule has 164 valence electrons. The van der Waals surface area contributed by atoms with E-state index in [4.69, 9.17) is 4.74 Å². The number of hydrogen-bond acceptors (Lipinski definition) is 5. The summed E-state index contributed by atoms with van der Waals surface area (Å²) in [5.41, 5.74) is 4.78. The number of piperazine rings is 1. The van der Waals surface area contributed by atoms with Gasteiger partial charge in [-0.05, 0) is 62.1 Å². The van der Waals surface area contributed by atoms with Gasteiger partial charge in [0.15, 0.2) is 0 Å². The Hall–Kier alpha value is -2.09. The Morgan fingerprint density at radius 1 is 0.967 bits per heavy atom. The second kappa shape index (κ2) is 9.37. The molecular formula is C23H33N3O3S. The minimum absolute atomic E-state index is 0.406. The molecule has 1 saturated heterocycles. The fourth-order valence-corrected chi connectivity index (χ4v) is 5.73. The normalized spacial score (nSPS) is 15.4. The van der Waals surface area contributed by atoms with Crippen molar-refractivity contribution >= 4 is 15.7 Å². The van der Waals surface area contributed by atoms with Gasteiger partial charge in [-0.15, -0.1) is 0 Å². The van der Waals surface area contributed by atoms with E-state index in [1.54, 1.807) is 7.11 Å². The first-order valence-electron chi connectivity index (χ1n) is 10.4. The maximum Gasteiger partial charge on any atom is 0.241 e. The van der Waals surface area contributed by atoms with Crippen molar-refractivity contribution in [1.29, 1.82) is 0 Å². The van der Waals surface area contributed by atoms with Crippen molar-refractivity contribution in [3.05, 3.63) is 52.6 Å². The third kappa shape index (κ3) is 4.79. The van der Waals surface area contributed by atoms with Crippen molar-refractivity contribution in [2.24, 2.45) is 0 Å². The summed E-state index contributed by atoms with van der Waals surface area (Å²) < 4.78 is 34.2. The van der Waals surface area contributed by atoms with Gasteiger partial charge in [0, 0.05) is 39.3 Å². The summed E-state index contributed by atoms with van der Waals surface area (Å²) >= 11 is 0. The molecule has 2 aromatic rings. The lowest BCUT2D eigenvalue weighted by Crippen LogP contribution is -2.48. The highest BCUT2D eigenvalue weighted by molar-refractivity contribution is 7.89. The lowest BCUT2D eigenvalue weighted by molar-refractivity contribution is 0.261. The van der Waals surface area contributed by atoms with E-state index in [0.29, 0.717) is 18.0 Å². The van der Waals surface area contributed by atoms with Crippen LogP contribution in [0.15, 0.2) is 35.2 Å². The maximum atomic E-state index is 13.0. The van der Waals surface area contributed by atoms with Crippen molar-refractivity contribution in [2.75, 3.05) is 51.3 Å². The number of benzene rings is 2. The molecule has 0 spiro atoms. The highest BCUT2D eigenvalue weighted by Gasteiger charge is 2.23. The van der Waals surface area contributed by atoms with Crippen LogP contribution in [-0.4, -0.2) is 59.7 Å². The predicted octanol–water partition coefficient (Wildman–Crippen LogP) is 3.03. The van der Waals surface area contributed by atoms with Gasteiger partial charge < -0.3 is 9.64 Å². The molecule has 1 aliphatic heterocycles. The van der Waals surface area contributed by atoms with Crippen molar-refractivity contribution in [2.45, 2.75) is 32.6 Å². The minimum Gasteiger partial charge on any atom is -0.495 e. The fourth-order valence-electron chi connectivity index (χ4n) is 4.10. The van der Waals surface area contributed by atoms with Gasteiger partial charge in [0.1, 0.15) is 5.75 Å². The number of para-hydroxylation sites is 2. The zero-order valence-corrected chi connectivity index (χ0v) is 19.5. The lowest BCUT2D eigenvalue weighted by atomic mass is 10.0. The average molecular weight is 432 g/mol. The van der Waals surface area contributed by atoms with Gasteiger partial charge >= 0.3 is 0 Å². The Morgan fingerprint density at radius 3 is 2.17 bits per heavy atom. The van der Waals surface area contributed by atoms with Crippen LogP contribution in [0.1, 0.15) is 22.3 Å². The first kappa shape index (κ1) is 22.6. The molecule has 0 aliphatic carbocycles. The lowest BCUT2D eigenvalue weighted by Gasteiger charge is -2.36. The predicted molar refractivity (Wildman–Crippen MR) is 122 cm³/mol. The number of hydrogen-bond donors (Lipinski definition) is 1. The van der Waals surface area contributed by atoms with Gasteiger partial charge in [0.05, 0.1) is 17.7 Å². The smallest absolute Gasteiger partial charge is 0.241 e. The highest BCUT2D eigenvalue weighted by Crippen LogP contribution is 2.28. The molecule has 1 fully saturated rings. The molecule has 1 N–H and O–H groups in total. The van der Waals surface area contributed by atoms with Crippen molar-refractivity contribution in [3.63, 3.8) is 0 Å². The molecular weight excluding hydrogens is 398 g/mol. The molecule has 6 nitrogen and oxygen atoms in total. The van der Waals surface area contributed by atoms with E-state index in [1.165, 1.54) is 0 Å². The third-order valence-corrected chi connectivity index (χ3v) is 7.82. The zero-order valence-electron chi connectivity index (χ0n) is 18.7. The van der Waals surface area contributed by atoms with Crippen LogP contribution in [0.5, 0.6) is 5.75 Å². The number of methoxy groups -OCH3 is 1. The van der Waals surface area contributed by atoms with Crippen LogP contribution < -0.4 is 14.4 Å². The number of sulfonamides is 1. The summed E-state index contributed by atoms with van der Waals surface area (Å²) in [6.07, 6.45) is 0. The summed E-state index contributed by atoms with van der Waals surface area (Å²) in [5.74, 6) is 0.887. The minimum atomic E-state index is -3.53. The monoisotopic (exact) mass is 431 g/mol. The van der Waals surface area contributed by atoms with Gasteiger partial charge in [-0.1, -0.05) is 18.2 Å². The SMILES string of the molecule is COc1ccccc1N1CCN(CCNS(=O)(=O)c2c(C)c(C)cc(C)c2C)CC1. The van der Waals surface area contributed by atoms with Crippen LogP contribution in [0.4, 0.5) is 5.69 Å². The Labute approximate surface area is 180 Å². The molecule has 2 aromatic carbocycles. The van der Waals surface area contributed by atoms with E-state index in [1.807, 2.05) is 52.0 Å². The maximum absolute atomic E-state index is 13.0. The Morgan fingerprint density at radius 2 is 1.57 bits per heavy atom. The number of anilines is 1. The molecule has 1 aliphatic rings. The number of aryl methyl sites for hydroxylation is 2. The van der Waals surface area contributed by atoms with Gasteiger partial charge in [0.25, 0.3) is 0 Å². The second-order valence-electron chi connectivity index (χ2n) is 7.99. The first-order chi connectivity index (χ1) is 14.2. The summed E-state index contributed by atoms with van der Waals surface area (Å²) in [7, 11) is -1.84. The summed E-state index contributed by atoms with van der Waals surface area (Å²) in [5, 5.41) is 0. The quantitative estimate of drug-likeness (QED) is 0.730. The molecule has 7 heteroatoms.